The normalized spacial score (nSPS) is 10.6. The number of allylic oxidation sites excluding steroid dienone is 1. The van der Waals surface area contributed by atoms with Gasteiger partial charge in [0.05, 0.1) is 4.92 Å². The van der Waals surface area contributed by atoms with Crippen LogP contribution in [0.2, 0.25) is 0 Å². The maximum absolute atomic E-state index is 11.9. The second-order valence-corrected chi connectivity index (χ2v) is 4.06. The Labute approximate surface area is 115 Å². The van der Waals surface area contributed by atoms with Gasteiger partial charge in [-0.05, 0) is 30.4 Å². The lowest BCUT2D eigenvalue weighted by molar-refractivity contribution is -0.384. The van der Waals surface area contributed by atoms with Crippen LogP contribution in [0.4, 0.5) is 5.69 Å². The minimum Gasteiger partial charge on any atom is -0.507 e. The van der Waals surface area contributed by atoms with Crippen molar-refractivity contribution in [1.29, 1.82) is 0 Å². The summed E-state index contributed by atoms with van der Waals surface area (Å²) in [6.07, 6.45) is 2.81. The zero-order chi connectivity index (χ0) is 14.5. The maximum Gasteiger partial charge on any atom is 0.269 e. The number of phenolic OH excluding ortho intramolecular Hbond substituents is 1. The molecule has 0 fully saturated rings. The molecule has 0 bridgehead atoms. The highest BCUT2D eigenvalue weighted by atomic mass is 16.6. The largest absolute Gasteiger partial charge is 0.507 e. The zero-order valence-corrected chi connectivity index (χ0v) is 10.4. The van der Waals surface area contributed by atoms with E-state index >= 15 is 0 Å². The Morgan fingerprint density at radius 2 is 1.75 bits per heavy atom. The van der Waals surface area contributed by atoms with Gasteiger partial charge >= 0.3 is 0 Å². The number of nitro benzene ring substituents is 1. The number of hydrogen-bond acceptors (Lipinski definition) is 4. The number of benzene rings is 2. The lowest BCUT2D eigenvalue weighted by Crippen LogP contribution is -1.95. The third kappa shape index (κ3) is 3.08. The van der Waals surface area contributed by atoms with Crippen LogP contribution in [0.5, 0.6) is 5.75 Å². The summed E-state index contributed by atoms with van der Waals surface area (Å²) in [4.78, 5) is 21.9. The number of nitrogens with zero attached hydrogens (tertiary/aromatic N) is 1. The first-order valence-electron chi connectivity index (χ1n) is 5.83. The molecule has 0 spiro atoms. The molecule has 20 heavy (non-hydrogen) atoms. The monoisotopic (exact) mass is 269 g/mol. The Morgan fingerprint density at radius 3 is 2.35 bits per heavy atom. The van der Waals surface area contributed by atoms with E-state index in [4.69, 9.17) is 0 Å². The molecule has 0 aliphatic heterocycles. The van der Waals surface area contributed by atoms with Crippen LogP contribution in [0.3, 0.4) is 0 Å². The SMILES string of the molecule is O=C(/C=C/c1ccccc1O)c1ccc([N+](=O)[O-])cc1. The van der Waals surface area contributed by atoms with Crippen LogP contribution >= 0.6 is 0 Å². The van der Waals surface area contributed by atoms with E-state index in [-0.39, 0.29) is 17.2 Å². The maximum atomic E-state index is 11.9. The van der Waals surface area contributed by atoms with E-state index in [0.29, 0.717) is 11.1 Å². The molecule has 0 saturated carbocycles. The predicted octanol–water partition coefficient (Wildman–Crippen LogP) is 3.20. The predicted molar refractivity (Wildman–Crippen MR) is 74.6 cm³/mol. The topological polar surface area (TPSA) is 80.4 Å². The van der Waals surface area contributed by atoms with Gasteiger partial charge in [-0.15, -0.1) is 0 Å². The number of hydrogen-bond donors (Lipinski definition) is 1. The molecule has 100 valence electrons. The number of ketones is 1. The molecule has 1 N–H and O–H groups in total. The van der Waals surface area contributed by atoms with Gasteiger partial charge in [0.1, 0.15) is 5.75 Å². The molecule has 2 rings (SSSR count). The van der Waals surface area contributed by atoms with Crippen LogP contribution in [0.1, 0.15) is 15.9 Å². The van der Waals surface area contributed by atoms with Crippen LogP contribution in [0.25, 0.3) is 6.08 Å². The number of aromatic hydroxyl groups is 1. The second-order valence-electron chi connectivity index (χ2n) is 4.06. The molecule has 2 aromatic carbocycles. The molecule has 0 unspecified atom stereocenters. The molecule has 5 nitrogen and oxygen atoms in total. The van der Waals surface area contributed by atoms with Gasteiger partial charge in [0, 0.05) is 23.3 Å². The van der Waals surface area contributed by atoms with Crippen molar-refractivity contribution in [3.05, 3.63) is 75.8 Å². The highest BCUT2D eigenvalue weighted by Crippen LogP contribution is 2.18. The van der Waals surface area contributed by atoms with Crippen molar-refractivity contribution >= 4 is 17.5 Å². The quantitative estimate of drug-likeness (QED) is 0.400. The summed E-state index contributed by atoms with van der Waals surface area (Å²) in [7, 11) is 0. The fraction of sp³-hybridized carbons (Fsp3) is 0. The summed E-state index contributed by atoms with van der Waals surface area (Å²) >= 11 is 0. The van der Waals surface area contributed by atoms with Crippen LogP contribution < -0.4 is 0 Å². The molecule has 0 aliphatic rings. The summed E-state index contributed by atoms with van der Waals surface area (Å²) in [5.41, 5.74) is 0.816. The molecule has 0 atom stereocenters. The van der Waals surface area contributed by atoms with E-state index < -0.39 is 4.92 Å². The summed E-state index contributed by atoms with van der Waals surface area (Å²) in [6, 6.07) is 12.0. The number of nitro groups is 1. The van der Waals surface area contributed by atoms with Crippen molar-refractivity contribution in [2.75, 3.05) is 0 Å². The van der Waals surface area contributed by atoms with Gasteiger partial charge in [0.2, 0.25) is 0 Å². The van der Waals surface area contributed by atoms with E-state index in [0.717, 1.165) is 0 Å². The highest BCUT2D eigenvalue weighted by molar-refractivity contribution is 6.07. The Balaban J connectivity index is 2.16. The average molecular weight is 269 g/mol. The molecular formula is C15H11NO4. The minimum atomic E-state index is -0.522. The molecule has 0 radical (unpaired) electrons. The van der Waals surface area contributed by atoms with E-state index in [1.807, 2.05) is 0 Å². The fourth-order valence-corrected chi connectivity index (χ4v) is 1.64. The molecule has 2 aromatic rings. The summed E-state index contributed by atoms with van der Waals surface area (Å²) < 4.78 is 0. The van der Waals surface area contributed by atoms with Crippen LogP contribution in [0, 0.1) is 10.1 Å². The number of carbonyl (C=O) groups excluding carboxylic acids is 1. The van der Waals surface area contributed by atoms with E-state index in [1.54, 1.807) is 18.2 Å². The Morgan fingerprint density at radius 1 is 1.10 bits per heavy atom. The van der Waals surface area contributed by atoms with Crippen molar-refractivity contribution in [2.24, 2.45) is 0 Å². The van der Waals surface area contributed by atoms with Crippen LogP contribution in [-0.4, -0.2) is 15.8 Å². The molecule has 0 aromatic heterocycles. The number of non-ortho nitro benzene ring substituents is 1. The van der Waals surface area contributed by atoms with Gasteiger partial charge in [0.15, 0.2) is 5.78 Å². The van der Waals surface area contributed by atoms with Crippen molar-refractivity contribution in [3.63, 3.8) is 0 Å². The molecular weight excluding hydrogens is 258 g/mol. The molecule has 0 aliphatic carbocycles. The third-order valence-electron chi connectivity index (χ3n) is 2.71. The fourth-order valence-electron chi connectivity index (χ4n) is 1.64. The molecule has 5 heteroatoms. The first-order valence-corrected chi connectivity index (χ1v) is 5.83. The minimum absolute atomic E-state index is 0.0637. The Kier molecular flexibility index (Phi) is 3.91. The van der Waals surface area contributed by atoms with Crippen molar-refractivity contribution in [2.45, 2.75) is 0 Å². The van der Waals surface area contributed by atoms with Gasteiger partial charge in [0.25, 0.3) is 5.69 Å². The number of phenols is 1. The van der Waals surface area contributed by atoms with E-state index in [9.17, 15) is 20.0 Å². The van der Waals surface area contributed by atoms with Gasteiger partial charge in [-0.2, -0.15) is 0 Å². The second kappa shape index (κ2) is 5.79. The van der Waals surface area contributed by atoms with E-state index in [1.165, 1.54) is 42.5 Å². The summed E-state index contributed by atoms with van der Waals surface area (Å²) in [5.74, 6) is -0.205. The van der Waals surface area contributed by atoms with Crippen molar-refractivity contribution in [1.82, 2.24) is 0 Å². The van der Waals surface area contributed by atoms with Gasteiger partial charge in [-0.1, -0.05) is 18.2 Å². The smallest absolute Gasteiger partial charge is 0.269 e. The van der Waals surface area contributed by atoms with Crippen molar-refractivity contribution < 1.29 is 14.8 Å². The van der Waals surface area contributed by atoms with Crippen LogP contribution in [-0.2, 0) is 0 Å². The Hall–Kier alpha value is -2.95. The first kappa shape index (κ1) is 13.5. The third-order valence-corrected chi connectivity index (χ3v) is 2.71. The van der Waals surface area contributed by atoms with Gasteiger partial charge < -0.3 is 5.11 Å². The zero-order valence-electron chi connectivity index (χ0n) is 10.4. The number of rotatable bonds is 4. The highest BCUT2D eigenvalue weighted by Gasteiger charge is 2.07. The molecule has 0 amide bonds. The van der Waals surface area contributed by atoms with Gasteiger partial charge in [-0.25, -0.2) is 0 Å². The standard InChI is InChI=1S/C15H11NO4/c17-14-4-2-1-3-11(14)7-10-15(18)12-5-8-13(9-6-12)16(19)20/h1-10,17H/b10-7+. The molecule has 0 saturated heterocycles. The lowest BCUT2D eigenvalue weighted by Gasteiger charge is -1.98. The number of carbonyl (C=O) groups is 1. The lowest BCUT2D eigenvalue weighted by atomic mass is 10.1. The van der Waals surface area contributed by atoms with Crippen molar-refractivity contribution in [3.8, 4) is 5.75 Å². The molecule has 0 heterocycles. The van der Waals surface area contributed by atoms with Crippen LogP contribution in [0.15, 0.2) is 54.6 Å². The number of para-hydroxylation sites is 1. The summed E-state index contributed by atoms with van der Waals surface area (Å²) in [6.45, 7) is 0. The first-order chi connectivity index (χ1) is 9.58. The van der Waals surface area contributed by atoms with Gasteiger partial charge in [-0.3, -0.25) is 14.9 Å². The Bertz CT molecular complexity index is 675. The van der Waals surface area contributed by atoms with E-state index in [2.05, 4.69) is 0 Å². The summed E-state index contributed by atoms with van der Waals surface area (Å²) in [5, 5.41) is 20.1. The average Bonchev–Trinajstić information content (AvgIpc) is 2.46.